The summed E-state index contributed by atoms with van der Waals surface area (Å²) in [6, 6.07) is 0. The molecular weight excluding hydrogens is 220 g/mol. The highest BCUT2D eigenvalue weighted by molar-refractivity contribution is 5.90. The van der Waals surface area contributed by atoms with Gasteiger partial charge >= 0.3 is 11.9 Å². The molecule has 1 rings (SSSR count). The molecule has 0 spiro atoms. The lowest BCUT2D eigenvalue weighted by atomic mass is 9.71. The lowest BCUT2D eigenvalue weighted by Crippen LogP contribution is -2.33. The number of carboxylic acids is 1. The Hall–Kier alpha value is -1.32. The molecule has 0 heterocycles. The van der Waals surface area contributed by atoms with Crippen LogP contribution in [0.25, 0.3) is 0 Å². The number of esters is 1. The summed E-state index contributed by atoms with van der Waals surface area (Å²) in [7, 11) is 0. The lowest BCUT2D eigenvalue weighted by Gasteiger charge is -2.38. The Morgan fingerprint density at radius 2 is 1.94 bits per heavy atom. The van der Waals surface area contributed by atoms with Gasteiger partial charge in [-0.1, -0.05) is 20.8 Å². The zero-order valence-corrected chi connectivity index (χ0v) is 10.6. The van der Waals surface area contributed by atoms with E-state index in [1.54, 1.807) is 0 Å². The van der Waals surface area contributed by atoms with Crippen molar-refractivity contribution in [1.82, 2.24) is 0 Å². The number of hydrogen-bond acceptors (Lipinski definition) is 3. The van der Waals surface area contributed by atoms with Gasteiger partial charge in [-0.25, -0.2) is 9.59 Å². The summed E-state index contributed by atoms with van der Waals surface area (Å²) in [4.78, 5) is 21.6. The molecule has 1 saturated carbocycles. The van der Waals surface area contributed by atoms with E-state index in [0.29, 0.717) is 5.92 Å². The molecule has 17 heavy (non-hydrogen) atoms. The molecule has 2 unspecified atom stereocenters. The number of carbonyl (C=O) groups excluding carboxylic acids is 1. The third-order valence-corrected chi connectivity index (χ3v) is 2.99. The quantitative estimate of drug-likeness (QED) is 0.607. The second-order valence-electron chi connectivity index (χ2n) is 5.64. The molecule has 1 aliphatic rings. The summed E-state index contributed by atoms with van der Waals surface area (Å²) >= 11 is 0. The van der Waals surface area contributed by atoms with Crippen molar-refractivity contribution in [3.63, 3.8) is 0 Å². The smallest absolute Gasteiger partial charge is 0.331 e. The summed E-state index contributed by atoms with van der Waals surface area (Å²) < 4.78 is 5.26. The van der Waals surface area contributed by atoms with Gasteiger partial charge in [0.15, 0.2) is 0 Å². The van der Waals surface area contributed by atoms with Gasteiger partial charge in [0.25, 0.3) is 0 Å². The van der Waals surface area contributed by atoms with Crippen LogP contribution in [0.15, 0.2) is 12.2 Å². The molecule has 0 bridgehead atoms. The van der Waals surface area contributed by atoms with Crippen LogP contribution < -0.4 is 0 Å². The van der Waals surface area contributed by atoms with E-state index in [4.69, 9.17) is 9.84 Å². The maximum atomic E-state index is 11.4. The van der Waals surface area contributed by atoms with Crippen molar-refractivity contribution in [2.75, 3.05) is 0 Å². The fraction of sp³-hybridized carbons (Fsp3) is 0.692. The zero-order valence-electron chi connectivity index (χ0n) is 10.6. The second kappa shape index (κ2) is 5.34. The van der Waals surface area contributed by atoms with E-state index >= 15 is 0 Å². The van der Waals surface area contributed by atoms with Crippen LogP contribution in [0.1, 0.15) is 40.0 Å². The Kier molecular flexibility index (Phi) is 4.32. The topological polar surface area (TPSA) is 63.6 Å². The van der Waals surface area contributed by atoms with Crippen LogP contribution in [-0.2, 0) is 14.3 Å². The fourth-order valence-corrected chi connectivity index (χ4v) is 2.69. The van der Waals surface area contributed by atoms with Crippen molar-refractivity contribution in [2.45, 2.75) is 46.1 Å². The number of carboxylic acid groups (broad SMARTS) is 1. The van der Waals surface area contributed by atoms with Crippen molar-refractivity contribution in [3.05, 3.63) is 12.2 Å². The highest BCUT2D eigenvalue weighted by Gasteiger charge is 2.33. The molecule has 2 atom stereocenters. The number of carbonyl (C=O) groups is 2. The van der Waals surface area contributed by atoms with Crippen molar-refractivity contribution in [3.8, 4) is 0 Å². The van der Waals surface area contributed by atoms with E-state index in [9.17, 15) is 9.59 Å². The van der Waals surface area contributed by atoms with E-state index < -0.39 is 11.9 Å². The first-order valence-corrected chi connectivity index (χ1v) is 5.90. The Labute approximate surface area is 102 Å². The summed E-state index contributed by atoms with van der Waals surface area (Å²) in [6.45, 7) is 6.47. The van der Waals surface area contributed by atoms with Crippen molar-refractivity contribution >= 4 is 11.9 Å². The molecule has 96 valence electrons. The Morgan fingerprint density at radius 3 is 2.47 bits per heavy atom. The molecule has 1 N–H and O–H groups in total. The van der Waals surface area contributed by atoms with Gasteiger partial charge in [-0.15, -0.1) is 0 Å². The number of aliphatic carboxylic acids is 1. The van der Waals surface area contributed by atoms with Crippen LogP contribution in [0, 0.1) is 11.3 Å². The van der Waals surface area contributed by atoms with Gasteiger partial charge in [0.05, 0.1) is 0 Å². The lowest BCUT2D eigenvalue weighted by molar-refractivity contribution is -0.147. The first kappa shape index (κ1) is 13.7. The van der Waals surface area contributed by atoms with Crippen LogP contribution in [0.5, 0.6) is 0 Å². The highest BCUT2D eigenvalue weighted by Crippen LogP contribution is 2.39. The van der Waals surface area contributed by atoms with Gasteiger partial charge in [0, 0.05) is 12.2 Å². The van der Waals surface area contributed by atoms with Gasteiger partial charge < -0.3 is 9.84 Å². The predicted octanol–water partition coefficient (Wildman–Crippen LogP) is 2.39. The molecule has 0 aliphatic heterocycles. The molecule has 0 aromatic rings. The van der Waals surface area contributed by atoms with E-state index in [-0.39, 0.29) is 11.5 Å². The maximum absolute atomic E-state index is 11.4. The summed E-state index contributed by atoms with van der Waals surface area (Å²) in [5.74, 6) is -1.18. The molecule has 0 saturated heterocycles. The predicted molar refractivity (Wildman–Crippen MR) is 63.5 cm³/mol. The van der Waals surface area contributed by atoms with Crippen LogP contribution in [0.4, 0.5) is 0 Å². The van der Waals surface area contributed by atoms with E-state index in [1.165, 1.54) is 0 Å². The number of hydrogen-bond donors (Lipinski definition) is 1. The zero-order chi connectivity index (χ0) is 13.1. The van der Waals surface area contributed by atoms with Gasteiger partial charge in [-0.05, 0) is 30.6 Å². The van der Waals surface area contributed by atoms with Gasteiger partial charge in [-0.2, -0.15) is 0 Å². The number of ether oxygens (including phenoxy) is 1. The molecule has 1 fully saturated rings. The molecule has 0 radical (unpaired) electrons. The second-order valence-corrected chi connectivity index (χ2v) is 5.64. The maximum Gasteiger partial charge on any atom is 0.331 e. The molecule has 0 aromatic heterocycles. The third-order valence-electron chi connectivity index (χ3n) is 2.99. The summed E-state index contributed by atoms with van der Waals surface area (Å²) in [5.41, 5.74) is 0.180. The van der Waals surface area contributed by atoms with Crippen LogP contribution in [-0.4, -0.2) is 23.1 Å². The first-order chi connectivity index (χ1) is 7.78. The Bertz CT molecular complexity index is 330. The van der Waals surface area contributed by atoms with Gasteiger partial charge in [-0.3, -0.25) is 0 Å². The highest BCUT2D eigenvalue weighted by atomic mass is 16.5. The normalized spacial score (nSPS) is 27.9. The van der Waals surface area contributed by atoms with E-state index in [1.807, 2.05) is 0 Å². The minimum atomic E-state index is -1.14. The average Bonchev–Trinajstić information content (AvgIpc) is 2.11. The Morgan fingerprint density at radius 1 is 1.29 bits per heavy atom. The minimum Gasteiger partial charge on any atom is -0.478 e. The molecule has 4 heteroatoms. The molecular formula is C13H20O4. The largest absolute Gasteiger partial charge is 0.478 e. The van der Waals surface area contributed by atoms with Crippen LogP contribution in [0.3, 0.4) is 0 Å². The van der Waals surface area contributed by atoms with Crippen molar-refractivity contribution < 1.29 is 19.4 Å². The van der Waals surface area contributed by atoms with Crippen LogP contribution >= 0.6 is 0 Å². The van der Waals surface area contributed by atoms with Crippen molar-refractivity contribution in [1.29, 1.82) is 0 Å². The fourth-order valence-electron chi connectivity index (χ4n) is 2.69. The average molecular weight is 240 g/mol. The molecule has 1 aliphatic carbocycles. The SMILES string of the molecule is CC1CC(OC(=O)C=CC(=O)O)CC(C)(C)C1. The monoisotopic (exact) mass is 240 g/mol. The standard InChI is InChI=1S/C13H20O4/c1-9-6-10(8-13(2,3)7-9)17-12(16)5-4-11(14)15/h4-5,9-10H,6-8H2,1-3H3,(H,14,15). The van der Waals surface area contributed by atoms with Gasteiger partial charge in [0.1, 0.15) is 6.10 Å². The van der Waals surface area contributed by atoms with E-state index in [2.05, 4.69) is 20.8 Å². The minimum absolute atomic E-state index is 0.0975. The number of rotatable bonds is 3. The summed E-state index contributed by atoms with van der Waals surface area (Å²) in [5, 5.41) is 8.40. The van der Waals surface area contributed by atoms with Crippen molar-refractivity contribution in [2.24, 2.45) is 11.3 Å². The molecule has 0 aromatic carbocycles. The third kappa shape index (κ3) is 5.02. The molecule has 4 nitrogen and oxygen atoms in total. The van der Waals surface area contributed by atoms with Gasteiger partial charge in [0.2, 0.25) is 0 Å². The van der Waals surface area contributed by atoms with Crippen LogP contribution in [0.2, 0.25) is 0 Å². The summed E-state index contributed by atoms with van der Waals surface area (Å²) in [6.07, 6.45) is 4.50. The van der Waals surface area contributed by atoms with E-state index in [0.717, 1.165) is 31.4 Å². The first-order valence-electron chi connectivity index (χ1n) is 5.90. The Balaban J connectivity index is 2.51. The molecule has 0 amide bonds.